The van der Waals surface area contributed by atoms with E-state index in [9.17, 15) is 9.90 Å². The van der Waals surface area contributed by atoms with Crippen LogP contribution in [0.15, 0.2) is 48.5 Å². The van der Waals surface area contributed by atoms with Crippen LogP contribution < -0.4 is 15.4 Å². The van der Waals surface area contributed by atoms with E-state index in [0.29, 0.717) is 6.54 Å². The Morgan fingerprint density at radius 2 is 1.97 bits per heavy atom. The van der Waals surface area contributed by atoms with Gasteiger partial charge in [0.2, 0.25) is 0 Å². The van der Waals surface area contributed by atoms with Gasteiger partial charge in [0, 0.05) is 37.8 Å². The van der Waals surface area contributed by atoms with Crippen molar-refractivity contribution in [3.8, 4) is 5.75 Å². The number of β-amino-alcohol motifs (C(OH)–C–C–N with tert-alkyl or cyclic N) is 1. The fourth-order valence-electron chi connectivity index (χ4n) is 4.52. The molecule has 6 heteroatoms. The van der Waals surface area contributed by atoms with E-state index in [2.05, 4.69) is 45.9 Å². The normalized spacial score (nSPS) is 20.0. The molecule has 4 rings (SSSR count). The van der Waals surface area contributed by atoms with Crippen LogP contribution in [0.3, 0.4) is 0 Å². The third-order valence-electron chi connectivity index (χ3n) is 6.18. The fraction of sp³-hybridized carbons (Fsp3) is 0.480. The second kappa shape index (κ2) is 10.8. The Bertz CT molecular complexity index is 867. The molecule has 1 unspecified atom stereocenters. The number of hydrogen-bond donors (Lipinski definition) is 3. The maximum absolute atomic E-state index is 12.3. The van der Waals surface area contributed by atoms with Crippen LogP contribution in [0.5, 0.6) is 5.75 Å². The van der Waals surface area contributed by atoms with E-state index >= 15 is 0 Å². The van der Waals surface area contributed by atoms with Gasteiger partial charge in [-0.3, -0.25) is 9.69 Å². The number of nitrogens with one attached hydrogen (secondary N) is 2. The highest BCUT2D eigenvalue weighted by Crippen LogP contribution is 2.30. The van der Waals surface area contributed by atoms with Crippen LogP contribution in [0, 0.1) is 0 Å². The van der Waals surface area contributed by atoms with Crippen molar-refractivity contribution in [1.29, 1.82) is 0 Å². The second-order valence-corrected chi connectivity index (χ2v) is 8.54. The van der Waals surface area contributed by atoms with Gasteiger partial charge in [0.25, 0.3) is 5.91 Å². The molecular formula is C25H33N3O3. The monoisotopic (exact) mass is 423 g/mol. The molecule has 0 aromatic heterocycles. The van der Waals surface area contributed by atoms with E-state index in [1.165, 1.54) is 24.0 Å². The standard InChI is InChI=1S/C25H33N3O3/c29-21(17-28-14-12-19-7-1-2-8-20(19)16-28)15-27-25(30)18-31-24-11-4-3-9-22(24)23-10-5-6-13-26-23/h1-4,7-9,11,21,23,26,29H,5-6,10,12-18H2,(H,27,30)/t21-,23?/m0/s1. The predicted octanol–water partition coefficient (Wildman–Crippen LogP) is 2.42. The Morgan fingerprint density at radius 3 is 2.81 bits per heavy atom. The first kappa shape index (κ1) is 21.8. The highest BCUT2D eigenvalue weighted by atomic mass is 16.5. The zero-order valence-electron chi connectivity index (χ0n) is 18.1. The van der Waals surface area contributed by atoms with Crippen LogP contribution in [0.1, 0.15) is 42.0 Å². The molecule has 1 amide bonds. The van der Waals surface area contributed by atoms with Crippen LogP contribution in [0.25, 0.3) is 0 Å². The first-order valence-electron chi connectivity index (χ1n) is 11.4. The van der Waals surface area contributed by atoms with E-state index in [1.54, 1.807) is 0 Å². The molecule has 6 nitrogen and oxygen atoms in total. The average molecular weight is 424 g/mol. The number of benzene rings is 2. The van der Waals surface area contributed by atoms with E-state index in [0.717, 1.165) is 43.8 Å². The molecule has 0 bridgehead atoms. The lowest BCUT2D eigenvalue weighted by Crippen LogP contribution is -2.42. The third kappa shape index (κ3) is 6.06. The van der Waals surface area contributed by atoms with Gasteiger partial charge >= 0.3 is 0 Å². The number of para-hydroxylation sites is 1. The van der Waals surface area contributed by atoms with Gasteiger partial charge < -0.3 is 20.5 Å². The van der Waals surface area contributed by atoms with Crippen LogP contribution in [-0.4, -0.2) is 54.8 Å². The van der Waals surface area contributed by atoms with Crippen LogP contribution in [-0.2, 0) is 17.8 Å². The summed E-state index contributed by atoms with van der Waals surface area (Å²) < 4.78 is 5.83. The van der Waals surface area contributed by atoms with Crippen LogP contribution in [0.2, 0.25) is 0 Å². The lowest BCUT2D eigenvalue weighted by molar-refractivity contribution is -0.123. The molecule has 0 aliphatic carbocycles. The van der Waals surface area contributed by atoms with E-state index in [4.69, 9.17) is 4.74 Å². The number of rotatable bonds is 8. The van der Waals surface area contributed by atoms with Gasteiger partial charge in [-0.15, -0.1) is 0 Å². The summed E-state index contributed by atoms with van der Waals surface area (Å²) in [6.07, 6.45) is 3.88. The van der Waals surface area contributed by atoms with Gasteiger partial charge in [-0.1, -0.05) is 48.9 Å². The quantitative estimate of drug-likeness (QED) is 0.608. The summed E-state index contributed by atoms with van der Waals surface area (Å²) in [6.45, 7) is 3.51. The van der Waals surface area contributed by atoms with Crippen LogP contribution in [0.4, 0.5) is 0 Å². The van der Waals surface area contributed by atoms with Gasteiger partial charge in [0.05, 0.1) is 6.10 Å². The molecule has 0 radical (unpaired) electrons. The number of amides is 1. The molecule has 2 aromatic rings. The van der Waals surface area contributed by atoms with Crippen molar-refractivity contribution in [3.63, 3.8) is 0 Å². The molecule has 1 fully saturated rings. The number of ether oxygens (including phenoxy) is 1. The van der Waals surface area contributed by atoms with Crippen LogP contribution >= 0.6 is 0 Å². The lowest BCUT2D eigenvalue weighted by Gasteiger charge is -2.30. The molecule has 2 aliphatic heterocycles. The first-order valence-corrected chi connectivity index (χ1v) is 11.4. The fourth-order valence-corrected chi connectivity index (χ4v) is 4.52. The summed E-state index contributed by atoms with van der Waals surface area (Å²) in [5.41, 5.74) is 3.83. The Morgan fingerprint density at radius 1 is 1.16 bits per heavy atom. The van der Waals surface area contributed by atoms with Gasteiger partial charge in [0.1, 0.15) is 5.75 Å². The van der Waals surface area contributed by atoms with Crippen molar-refractivity contribution in [3.05, 3.63) is 65.2 Å². The number of nitrogens with zero attached hydrogens (tertiary/aromatic N) is 1. The number of hydrogen-bond acceptors (Lipinski definition) is 5. The van der Waals surface area contributed by atoms with Gasteiger partial charge in [-0.2, -0.15) is 0 Å². The minimum atomic E-state index is -0.604. The number of aliphatic hydroxyl groups is 1. The van der Waals surface area contributed by atoms with E-state index in [-0.39, 0.29) is 25.1 Å². The second-order valence-electron chi connectivity index (χ2n) is 8.54. The zero-order valence-corrected chi connectivity index (χ0v) is 18.1. The molecular weight excluding hydrogens is 390 g/mol. The van der Waals surface area contributed by atoms with E-state index < -0.39 is 6.10 Å². The first-order chi connectivity index (χ1) is 15.2. The van der Waals surface area contributed by atoms with Crippen molar-refractivity contribution in [2.45, 2.75) is 44.4 Å². The minimum absolute atomic E-state index is 0.0481. The molecule has 2 heterocycles. The maximum Gasteiger partial charge on any atom is 0.258 e. The summed E-state index contributed by atoms with van der Waals surface area (Å²) >= 11 is 0. The smallest absolute Gasteiger partial charge is 0.258 e. The lowest BCUT2D eigenvalue weighted by atomic mass is 9.97. The SMILES string of the molecule is O=C(COc1ccccc1C1CCCCN1)NC[C@H](O)CN1CCc2ccccc2C1. The van der Waals surface area contributed by atoms with Crippen molar-refractivity contribution in [2.24, 2.45) is 0 Å². The molecule has 0 saturated carbocycles. The number of piperidine rings is 1. The summed E-state index contributed by atoms with van der Waals surface area (Å²) in [6, 6.07) is 16.7. The number of carbonyl (C=O) groups is 1. The Labute approximate surface area is 184 Å². The molecule has 0 spiro atoms. The molecule has 166 valence electrons. The zero-order chi connectivity index (χ0) is 21.5. The third-order valence-corrected chi connectivity index (χ3v) is 6.18. The maximum atomic E-state index is 12.3. The van der Waals surface area contributed by atoms with Crippen molar-refractivity contribution >= 4 is 5.91 Å². The van der Waals surface area contributed by atoms with Gasteiger partial charge in [-0.25, -0.2) is 0 Å². The molecule has 2 aliphatic rings. The highest BCUT2D eigenvalue weighted by Gasteiger charge is 2.20. The molecule has 1 saturated heterocycles. The summed E-state index contributed by atoms with van der Waals surface area (Å²) in [5.74, 6) is 0.541. The topological polar surface area (TPSA) is 73.8 Å². The molecule has 2 aromatic carbocycles. The number of aliphatic hydroxyl groups excluding tert-OH is 1. The Balaban J connectivity index is 1.20. The Hall–Kier alpha value is -2.41. The van der Waals surface area contributed by atoms with Gasteiger partial charge in [0.15, 0.2) is 6.61 Å². The molecule has 31 heavy (non-hydrogen) atoms. The predicted molar refractivity (Wildman–Crippen MR) is 121 cm³/mol. The van der Waals surface area contributed by atoms with E-state index in [1.807, 2.05) is 18.2 Å². The minimum Gasteiger partial charge on any atom is -0.483 e. The molecule has 2 atom stereocenters. The highest BCUT2D eigenvalue weighted by molar-refractivity contribution is 5.77. The Kier molecular flexibility index (Phi) is 7.57. The number of carbonyl (C=O) groups excluding carboxylic acids is 1. The number of fused-ring (bicyclic) bond motifs is 1. The summed E-state index contributed by atoms with van der Waals surface area (Å²) in [7, 11) is 0. The van der Waals surface area contributed by atoms with Crippen molar-refractivity contribution in [1.82, 2.24) is 15.5 Å². The summed E-state index contributed by atoms with van der Waals surface area (Å²) in [5, 5.41) is 16.7. The summed E-state index contributed by atoms with van der Waals surface area (Å²) in [4.78, 5) is 14.5. The van der Waals surface area contributed by atoms with Crippen molar-refractivity contribution in [2.75, 3.05) is 32.8 Å². The largest absolute Gasteiger partial charge is 0.483 e. The van der Waals surface area contributed by atoms with Crippen molar-refractivity contribution < 1.29 is 14.6 Å². The molecule has 3 N–H and O–H groups in total. The average Bonchev–Trinajstić information content (AvgIpc) is 2.82. The van der Waals surface area contributed by atoms with Gasteiger partial charge in [-0.05, 0) is 43.0 Å².